The minimum Gasteiger partial charge on any atom is -0.465 e. The summed E-state index contributed by atoms with van der Waals surface area (Å²) in [4.78, 5) is 28.4. The smallest absolute Gasteiger partial charge is 0.328 e. The molecule has 0 aromatic heterocycles. The van der Waals surface area contributed by atoms with E-state index >= 15 is 0 Å². The number of sulfone groups is 1. The molecule has 7 heteroatoms. The van der Waals surface area contributed by atoms with E-state index in [4.69, 9.17) is 4.74 Å². The van der Waals surface area contributed by atoms with Gasteiger partial charge in [0.05, 0.1) is 22.8 Å². The van der Waals surface area contributed by atoms with E-state index in [0.29, 0.717) is 6.42 Å². The van der Waals surface area contributed by atoms with Crippen molar-refractivity contribution in [1.29, 1.82) is 0 Å². The molecular formula is C25H27NO5S. The zero-order valence-electron chi connectivity index (χ0n) is 18.0. The van der Waals surface area contributed by atoms with Crippen LogP contribution in [0.15, 0.2) is 59.5 Å². The number of carbonyl (C=O) groups is 2. The van der Waals surface area contributed by atoms with Crippen molar-refractivity contribution in [3.05, 3.63) is 65.7 Å². The molecule has 6 nitrogen and oxygen atoms in total. The fraction of sp³-hybridized carbons (Fsp3) is 0.440. The van der Waals surface area contributed by atoms with Crippen LogP contribution in [-0.4, -0.2) is 43.0 Å². The summed E-state index contributed by atoms with van der Waals surface area (Å²) in [6, 6.07) is 14.7. The fourth-order valence-electron chi connectivity index (χ4n) is 5.96. The zero-order valence-corrected chi connectivity index (χ0v) is 18.8. The van der Waals surface area contributed by atoms with Crippen LogP contribution in [-0.2, 0) is 24.2 Å². The summed E-state index contributed by atoms with van der Waals surface area (Å²) in [5.41, 5.74) is 1.65. The number of esters is 1. The Morgan fingerprint density at radius 1 is 1.06 bits per heavy atom. The number of benzene rings is 2. The number of rotatable bonds is 4. The molecule has 0 spiro atoms. The highest BCUT2D eigenvalue weighted by atomic mass is 32.2. The van der Waals surface area contributed by atoms with E-state index in [2.05, 4.69) is 0 Å². The van der Waals surface area contributed by atoms with Crippen molar-refractivity contribution in [3.63, 3.8) is 0 Å². The van der Waals surface area contributed by atoms with Crippen LogP contribution in [0.3, 0.4) is 0 Å². The largest absolute Gasteiger partial charge is 0.465 e. The summed E-state index contributed by atoms with van der Waals surface area (Å²) < 4.78 is 33.2. The maximum absolute atomic E-state index is 13.9. The molecule has 0 N–H and O–H groups in total. The summed E-state index contributed by atoms with van der Waals surface area (Å²) in [6.07, 6.45) is 2.28. The zero-order chi connectivity index (χ0) is 22.5. The van der Waals surface area contributed by atoms with Crippen molar-refractivity contribution >= 4 is 21.6 Å². The van der Waals surface area contributed by atoms with E-state index in [0.717, 1.165) is 24.0 Å². The number of hydrogen-bond acceptors (Lipinski definition) is 6. The molecule has 0 radical (unpaired) electrons. The lowest BCUT2D eigenvalue weighted by Crippen LogP contribution is -2.57. The molecule has 0 bridgehead atoms. The third kappa shape index (κ3) is 3.21. The highest BCUT2D eigenvalue weighted by molar-refractivity contribution is 7.92. The van der Waals surface area contributed by atoms with Gasteiger partial charge in [-0.25, -0.2) is 13.2 Å². The Labute approximate surface area is 188 Å². The quantitative estimate of drug-likeness (QED) is 0.658. The molecule has 1 aliphatic carbocycles. The number of ketones is 1. The van der Waals surface area contributed by atoms with Gasteiger partial charge < -0.3 is 4.74 Å². The third-order valence-corrected chi connectivity index (χ3v) is 9.41. The highest BCUT2D eigenvalue weighted by Crippen LogP contribution is 2.55. The third-order valence-electron chi connectivity index (χ3n) is 7.23. The second-order valence-electron chi connectivity index (χ2n) is 8.84. The molecule has 0 amide bonds. The van der Waals surface area contributed by atoms with Gasteiger partial charge in [-0.05, 0) is 49.4 Å². The van der Waals surface area contributed by atoms with Crippen LogP contribution in [0.5, 0.6) is 0 Å². The van der Waals surface area contributed by atoms with Crippen LogP contribution in [0.2, 0.25) is 0 Å². The Hall–Kier alpha value is -2.51. The summed E-state index contributed by atoms with van der Waals surface area (Å²) >= 11 is 0. The van der Waals surface area contributed by atoms with E-state index < -0.39 is 33.1 Å². The molecule has 2 aromatic rings. The number of nitrogens with zero attached hydrogens (tertiary/aromatic N) is 1. The van der Waals surface area contributed by atoms with Gasteiger partial charge in [0.15, 0.2) is 9.84 Å². The van der Waals surface area contributed by atoms with Crippen LogP contribution in [0.4, 0.5) is 0 Å². The lowest BCUT2D eigenvalue weighted by Gasteiger charge is -2.49. The predicted octanol–water partition coefficient (Wildman–Crippen LogP) is 3.63. The topological polar surface area (TPSA) is 80.8 Å². The highest BCUT2D eigenvalue weighted by Gasteiger charge is 2.58. The molecule has 168 valence electrons. The van der Waals surface area contributed by atoms with Gasteiger partial charge in [0.1, 0.15) is 11.8 Å². The summed E-state index contributed by atoms with van der Waals surface area (Å²) in [6.45, 7) is 2.01. The Kier molecular flexibility index (Phi) is 5.42. The molecule has 32 heavy (non-hydrogen) atoms. The predicted molar refractivity (Wildman–Crippen MR) is 119 cm³/mol. The van der Waals surface area contributed by atoms with Gasteiger partial charge in [0.2, 0.25) is 0 Å². The molecule has 1 saturated carbocycles. The first-order valence-electron chi connectivity index (χ1n) is 11.3. The van der Waals surface area contributed by atoms with Crippen LogP contribution in [0.1, 0.15) is 55.8 Å². The Balaban J connectivity index is 1.69. The lowest BCUT2D eigenvalue weighted by molar-refractivity contribution is -0.155. The van der Waals surface area contributed by atoms with Crippen LogP contribution < -0.4 is 0 Å². The van der Waals surface area contributed by atoms with Crippen molar-refractivity contribution in [1.82, 2.24) is 4.90 Å². The van der Waals surface area contributed by atoms with Gasteiger partial charge in [0.25, 0.3) is 0 Å². The van der Waals surface area contributed by atoms with Crippen molar-refractivity contribution in [2.75, 3.05) is 6.61 Å². The van der Waals surface area contributed by atoms with Crippen LogP contribution in [0.25, 0.3) is 0 Å². The van der Waals surface area contributed by atoms with Crippen molar-refractivity contribution in [2.45, 2.75) is 60.9 Å². The van der Waals surface area contributed by atoms with Gasteiger partial charge in [-0.2, -0.15) is 0 Å². The molecule has 2 heterocycles. The Bertz CT molecular complexity index is 1150. The molecule has 5 rings (SSSR count). The van der Waals surface area contributed by atoms with Gasteiger partial charge in [0, 0.05) is 18.4 Å². The normalized spacial score (nSPS) is 29.7. The molecule has 1 unspecified atom stereocenters. The number of fused-ring (bicyclic) bond motifs is 5. The average molecular weight is 454 g/mol. The standard InChI is InChI=1S/C25H27NO5S/c1-2-31-25(28)24-18-12-7-6-11-17(18)23-22(32(29,30)16-9-4-3-5-10-16)15-19-20(26(23)24)13-8-14-21(19)27/h3-7,9-12,19-20,22-24H,2,8,13-15H2,1H3/t19-,20+,22?,23+,24-/m0/s1. The SMILES string of the molecule is CCOC(=O)[C@@H]1c2ccccc2[C@@H]2C(S(=O)(=O)c3ccccc3)C[C@@H]3C(=O)CCC[C@H]3N12. The maximum atomic E-state index is 13.9. The molecule has 3 aliphatic rings. The average Bonchev–Trinajstić information content (AvgIpc) is 3.15. The van der Waals surface area contributed by atoms with E-state index in [9.17, 15) is 18.0 Å². The van der Waals surface area contributed by atoms with Gasteiger partial charge >= 0.3 is 5.97 Å². The number of Topliss-reactive ketones (excluding diaryl/α,β-unsaturated/α-hetero) is 1. The van der Waals surface area contributed by atoms with Crippen molar-refractivity contribution in [3.8, 4) is 0 Å². The summed E-state index contributed by atoms with van der Waals surface area (Å²) in [7, 11) is -3.74. The number of ether oxygens (including phenoxy) is 1. The second kappa shape index (κ2) is 8.12. The van der Waals surface area contributed by atoms with Crippen LogP contribution in [0, 0.1) is 5.92 Å². The first kappa shape index (κ1) is 21.3. The molecule has 2 aliphatic heterocycles. The summed E-state index contributed by atoms with van der Waals surface area (Å²) in [5, 5.41) is -0.811. The van der Waals surface area contributed by atoms with Gasteiger partial charge in [-0.3, -0.25) is 9.69 Å². The minimum absolute atomic E-state index is 0.103. The fourth-order valence-corrected chi connectivity index (χ4v) is 7.94. The number of hydrogen-bond donors (Lipinski definition) is 0. The monoisotopic (exact) mass is 453 g/mol. The second-order valence-corrected chi connectivity index (χ2v) is 11.0. The first-order valence-corrected chi connectivity index (χ1v) is 12.8. The van der Waals surface area contributed by atoms with E-state index in [1.807, 2.05) is 29.2 Å². The number of piperidine rings is 1. The maximum Gasteiger partial charge on any atom is 0.328 e. The van der Waals surface area contributed by atoms with E-state index in [-0.39, 0.29) is 35.7 Å². The van der Waals surface area contributed by atoms with E-state index in [1.165, 1.54) is 0 Å². The van der Waals surface area contributed by atoms with Gasteiger partial charge in [-0.15, -0.1) is 0 Å². The van der Waals surface area contributed by atoms with Crippen molar-refractivity contribution < 1.29 is 22.7 Å². The molecular weight excluding hydrogens is 426 g/mol. The number of carbonyl (C=O) groups excluding carboxylic acids is 2. The summed E-state index contributed by atoms with van der Waals surface area (Å²) in [5.74, 6) is -0.668. The van der Waals surface area contributed by atoms with E-state index in [1.54, 1.807) is 37.3 Å². The molecule has 2 fully saturated rings. The minimum atomic E-state index is -3.74. The molecule has 2 aromatic carbocycles. The van der Waals surface area contributed by atoms with Crippen LogP contribution >= 0.6 is 0 Å². The Morgan fingerprint density at radius 2 is 1.75 bits per heavy atom. The van der Waals surface area contributed by atoms with Crippen molar-refractivity contribution in [2.24, 2.45) is 5.92 Å². The molecule has 5 atom stereocenters. The molecule has 1 saturated heterocycles. The lowest BCUT2D eigenvalue weighted by atomic mass is 9.75. The first-order chi connectivity index (χ1) is 15.4. The van der Waals surface area contributed by atoms with Gasteiger partial charge in [-0.1, -0.05) is 42.5 Å². The Morgan fingerprint density at radius 3 is 2.47 bits per heavy atom.